The van der Waals surface area contributed by atoms with Crippen molar-refractivity contribution in [3.8, 4) is 0 Å². The van der Waals surface area contributed by atoms with Gasteiger partial charge in [0.15, 0.2) is 0 Å². The van der Waals surface area contributed by atoms with Gasteiger partial charge in [-0.3, -0.25) is 8.75 Å². The maximum Gasteiger partial charge on any atom is 0.407 e. The number of nitrogens with one attached hydrogen (secondary N) is 1. The number of alkyl carbamates (subject to hydrolysis) is 1. The predicted molar refractivity (Wildman–Crippen MR) is 78.4 cm³/mol. The molecule has 1 amide bonds. The summed E-state index contributed by atoms with van der Waals surface area (Å²) in [4.78, 5) is 28.5. The summed E-state index contributed by atoms with van der Waals surface area (Å²) in [6, 6.07) is 1.89. The van der Waals surface area contributed by atoms with Crippen LogP contribution in [-0.4, -0.2) is 28.2 Å². The van der Waals surface area contributed by atoms with Crippen LogP contribution in [0.25, 0.3) is 10.2 Å². The van der Waals surface area contributed by atoms with Crippen LogP contribution in [0.2, 0.25) is 0 Å². The molecule has 0 fully saturated rings. The summed E-state index contributed by atoms with van der Waals surface area (Å²) >= 11 is 1.30. The highest BCUT2D eigenvalue weighted by molar-refractivity contribution is 7.13. The zero-order valence-corrected chi connectivity index (χ0v) is 12.5. The Morgan fingerprint density at radius 2 is 2.25 bits per heavy atom. The van der Waals surface area contributed by atoms with Crippen LogP contribution in [0.4, 0.5) is 4.79 Å². The van der Waals surface area contributed by atoms with E-state index in [1.165, 1.54) is 11.5 Å². The fourth-order valence-electron chi connectivity index (χ4n) is 1.96. The summed E-state index contributed by atoms with van der Waals surface area (Å²) in [6.07, 6.45) is -0.466. The van der Waals surface area contributed by atoms with Gasteiger partial charge in [0.2, 0.25) is 0 Å². The van der Waals surface area contributed by atoms with E-state index in [1.54, 1.807) is 3.96 Å². The fraction of sp³-hybridized carbons (Fsp3) is 0.462. The van der Waals surface area contributed by atoms with Crippen molar-refractivity contribution >= 4 is 27.8 Å². The zero-order chi connectivity index (χ0) is 14.7. The molecule has 2 aromatic rings. The van der Waals surface area contributed by atoms with Crippen molar-refractivity contribution in [3.63, 3.8) is 0 Å². The maximum absolute atomic E-state index is 12.2. The molecule has 0 radical (unpaired) electrons. The van der Waals surface area contributed by atoms with Crippen molar-refractivity contribution in [2.45, 2.75) is 27.3 Å². The van der Waals surface area contributed by atoms with Crippen LogP contribution in [0.5, 0.6) is 0 Å². The van der Waals surface area contributed by atoms with Gasteiger partial charge in [-0.2, -0.15) is 0 Å². The molecule has 7 heteroatoms. The summed E-state index contributed by atoms with van der Waals surface area (Å²) in [5.74, 6) is 0. The van der Waals surface area contributed by atoms with Gasteiger partial charge in [-0.05, 0) is 43.9 Å². The number of aromatic nitrogens is 2. The number of pyridine rings is 1. The average molecular weight is 295 g/mol. The Balaban J connectivity index is 2.16. The largest absolute Gasteiger partial charge is 0.448 e. The lowest BCUT2D eigenvalue weighted by molar-refractivity contribution is 0.143. The first-order valence-corrected chi connectivity index (χ1v) is 7.19. The van der Waals surface area contributed by atoms with Crippen LogP contribution in [0.3, 0.4) is 0 Å². The molecule has 1 N–H and O–H groups in total. The van der Waals surface area contributed by atoms with Crippen LogP contribution >= 0.6 is 11.5 Å². The average Bonchev–Trinajstić information content (AvgIpc) is 2.66. The van der Waals surface area contributed by atoms with Crippen molar-refractivity contribution < 1.29 is 9.53 Å². The molecule has 0 saturated heterocycles. The van der Waals surface area contributed by atoms with Gasteiger partial charge in [0.25, 0.3) is 5.56 Å². The number of nitrogens with zero attached hydrogens (tertiary/aromatic N) is 2. The number of hydrogen-bond acceptors (Lipinski definition) is 5. The number of aryl methyl sites for hydroxylation is 2. The Morgan fingerprint density at radius 1 is 1.50 bits per heavy atom. The van der Waals surface area contributed by atoms with Gasteiger partial charge in [0.05, 0.1) is 11.9 Å². The highest BCUT2D eigenvalue weighted by Crippen LogP contribution is 2.18. The van der Waals surface area contributed by atoms with Crippen LogP contribution in [0, 0.1) is 13.8 Å². The van der Waals surface area contributed by atoms with Crippen LogP contribution in [0.15, 0.2) is 10.9 Å². The molecule has 2 rings (SSSR count). The molecular weight excluding hydrogens is 278 g/mol. The summed E-state index contributed by atoms with van der Waals surface area (Å²) in [5.41, 5.74) is 1.74. The number of carbonyl (C=O) groups is 1. The number of ether oxygens (including phenoxy) is 1. The van der Waals surface area contributed by atoms with E-state index >= 15 is 0 Å². The predicted octanol–water partition coefficient (Wildman–Crippen LogP) is 1.82. The lowest BCUT2D eigenvalue weighted by Crippen LogP contribution is -2.26. The van der Waals surface area contributed by atoms with Crippen molar-refractivity contribution in [1.29, 1.82) is 0 Å². The van der Waals surface area contributed by atoms with E-state index in [-0.39, 0.29) is 12.2 Å². The molecule has 0 saturated carbocycles. The molecule has 2 heterocycles. The fourth-order valence-corrected chi connectivity index (χ4v) is 3.04. The first-order chi connectivity index (χ1) is 9.52. The summed E-state index contributed by atoms with van der Waals surface area (Å²) in [6.45, 7) is 6.64. The second kappa shape index (κ2) is 6.04. The van der Waals surface area contributed by atoms with Gasteiger partial charge in [-0.25, -0.2) is 9.78 Å². The van der Waals surface area contributed by atoms with Crippen molar-refractivity contribution in [2.75, 3.05) is 13.2 Å². The number of fused-ring (bicyclic) bond motifs is 1. The maximum atomic E-state index is 12.2. The van der Waals surface area contributed by atoms with E-state index in [2.05, 4.69) is 10.3 Å². The van der Waals surface area contributed by atoms with Gasteiger partial charge in [0, 0.05) is 12.2 Å². The zero-order valence-electron chi connectivity index (χ0n) is 11.7. The lowest BCUT2D eigenvalue weighted by atomic mass is 10.2. The first-order valence-electron chi connectivity index (χ1n) is 6.41. The number of amides is 1. The Labute approximate surface area is 120 Å². The van der Waals surface area contributed by atoms with Crippen molar-refractivity contribution in [1.82, 2.24) is 14.3 Å². The highest BCUT2D eigenvalue weighted by atomic mass is 32.1. The Kier molecular flexibility index (Phi) is 4.39. The van der Waals surface area contributed by atoms with E-state index in [9.17, 15) is 9.59 Å². The van der Waals surface area contributed by atoms with E-state index in [4.69, 9.17) is 4.74 Å². The van der Waals surface area contributed by atoms with Gasteiger partial charge in [-0.1, -0.05) is 0 Å². The Hall–Kier alpha value is -1.89. The van der Waals surface area contributed by atoms with Crippen LogP contribution in [-0.2, 0) is 11.3 Å². The van der Waals surface area contributed by atoms with Crippen LogP contribution in [0.1, 0.15) is 18.2 Å². The summed E-state index contributed by atoms with van der Waals surface area (Å²) < 4.78 is 6.54. The summed E-state index contributed by atoms with van der Waals surface area (Å²) in [7, 11) is 0. The lowest BCUT2D eigenvalue weighted by Gasteiger charge is -2.04. The molecule has 6 nitrogen and oxygen atoms in total. The molecule has 2 aromatic heterocycles. The number of hydrogen-bond donors (Lipinski definition) is 1. The van der Waals surface area contributed by atoms with E-state index in [1.807, 2.05) is 26.8 Å². The van der Waals surface area contributed by atoms with Crippen LogP contribution < -0.4 is 10.9 Å². The van der Waals surface area contributed by atoms with E-state index in [0.29, 0.717) is 18.5 Å². The third kappa shape index (κ3) is 2.98. The smallest absolute Gasteiger partial charge is 0.407 e. The van der Waals surface area contributed by atoms with Gasteiger partial charge < -0.3 is 10.1 Å². The second-order valence-electron chi connectivity index (χ2n) is 4.43. The molecule has 108 valence electrons. The SMILES string of the molecule is CCNC(=O)OCCn1sc2nc(C)cc(C)c2c1=O. The normalized spacial score (nSPS) is 10.8. The molecule has 20 heavy (non-hydrogen) atoms. The standard InChI is InChI=1S/C13H17N3O3S/c1-4-14-13(18)19-6-5-16-12(17)10-8(2)7-9(3)15-11(10)20-16/h7H,4-6H2,1-3H3,(H,14,18). The van der Waals surface area contributed by atoms with Crippen molar-refractivity contribution in [3.05, 3.63) is 27.7 Å². The minimum absolute atomic E-state index is 0.0745. The molecule has 0 aromatic carbocycles. The minimum Gasteiger partial charge on any atom is -0.448 e. The molecular formula is C13H17N3O3S. The topological polar surface area (TPSA) is 73.2 Å². The number of rotatable bonds is 4. The third-order valence-electron chi connectivity index (χ3n) is 2.80. The van der Waals surface area contributed by atoms with Gasteiger partial charge in [0.1, 0.15) is 11.4 Å². The highest BCUT2D eigenvalue weighted by Gasteiger charge is 2.12. The Bertz CT molecular complexity index is 690. The quantitative estimate of drug-likeness (QED) is 0.933. The second-order valence-corrected chi connectivity index (χ2v) is 5.44. The molecule has 0 aliphatic heterocycles. The molecule has 0 bridgehead atoms. The molecule has 0 aliphatic rings. The summed E-state index contributed by atoms with van der Waals surface area (Å²) in [5, 5.41) is 3.18. The first kappa shape index (κ1) is 14.5. The molecule has 0 spiro atoms. The third-order valence-corrected chi connectivity index (χ3v) is 3.83. The molecule has 0 unspecified atom stereocenters. The van der Waals surface area contributed by atoms with Gasteiger partial charge >= 0.3 is 6.09 Å². The van der Waals surface area contributed by atoms with E-state index in [0.717, 1.165) is 16.1 Å². The molecule has 0 atom stereocenters. The van der Waals surface area contributed by atoms with Gasteiger partial charge in [-0.15, -0.1) is 0 Å². The Morgan fingerprint density at radius 3 is 2.95 bits per heavy atom. The molecule has 0 aliphatic carbocycles. The van der Waals surface area contributed by atoms with E-state index < -0.39 is 6.09 Å². The number of carbonyl (C=O) groups excluding carboxylic acids is 1. The van der Waals surface area contributed by atoms with Crippen molar-refractivity contribution in [2.24, 2.45) is 0 Å². The minimum atomic E-state index is -0.466. The monoisotopic (exact) mass is 295 g/mol.